The Hall–Kier alpha value is -1.73. The summed E-state index contributed by atoms with van der Waals surface area (Å²) < 4.78 is 1.10. The van der Waals surface area contributed by atoms with Gasteiger partial charge in [0.25, 0.3) is 11.5 Å². The zero-order chi connectivity index (χ0) is 14.8. The summed E-state index contributed by atoms with van der Waals surface area (Å²) in [6, 6.07) is 0. The van der Waals surface area contributed by atoms with E-state index in [-0.39, 0.29) is 12.1 Å². The van der Waals surface area contributed by atoms with Gasteiger partial charge in [-0.15, -0.1) is 0 Å². The Bertz CT molecular complexity index is 549. The zero-order valence-corrected chi connectivity index (χ0v) is 11.5. The van der Waals surface area contributed by atoms with E-state index in [9.17, 15) is 14.7 Å². The molecule has 106 valence electrons. The lowest BCUT2D eigenvalue weighted by molar-refractivity contribution is 0.00317. The minimum Gasteiger partial charge on any atom is -0.393 e. The molecule has 1 aromatic heterocycles. The fraction of sp³-hybridized carbons (Fsp3) is 0.583. The number of aryl methyl sites for hydroxylation is 2. The fourth-order valence-corrected chi connectivity index (χ4v) is 1.53. The molecule has 7 heteroatoms. The van der Waals surface area contributed by atoms with Crippen molar-refractivity contribution in [1.29, 1.82) is 0 Å². The number of aliphatic hydroxyl groups is 2. The van der Waals surface area contributed by atoms with E-state index < -0.39 is 23.7 Å². The van der Waals surface area contributed by atoms with Crippen molar-refractivity contribution in [1.82, 2.24) is 15.1 Å². The molecule has 0 saturated heterocycles. The third-order valence-electron chi connectivity index (χ3n) is 2.92. The summed E-state index contributed by atoms with van der Waals surface area (Å²) in [4.78, 5) is 23.9. The SMILES string of the molecule is Cc1nn(C)c(=O)c(C(=O)NCC(C)(O)CO)c1C. The van der Waals surface area contributed by atoms with Crippen LogP contribution in [0.1, 0.15) is 28.5 Å². The van der Waals surface area contributed by atoms with Crippen molar-refractivity contribution in [3.8, 4) is 0 Å². The van der Waals surface area contributed by atoms with Crippen LogP contribution in [0.5, 0.6) is 0 Å². The summed E-state index contributed by atoms with van der Waals surface area (Å²) >= 11 is 0. The van der Waals surface area contributed by atoms with Gasteiger partial charge in [0, 0.05) is 13.6 Å². The predicted octanol–water partition coefficient (Wildman–Crippen LogP) is -1.13. The van der Waals surface area contributed by atoms with Gasteiger partial charge in [-0.2, -0.15) is 5.10 Å². The number of carbonyl (C=O) groups excluding carboxylic acids is 1. The van der Waals surface area contributed by atoms with Crippen LogP contribution in [0, 0.1) is 13.8 Å². The first-order valence-electron chi connectivity index (χ1n) is 5.85. The predicted molar refractivity (Wildman–Crippen MR) is 69.0 cm³/mol. The van der Waals surface area contributed by atoms with Crippen molar-refractivity contribution >= 4 is 5.91 Å². The molecule has 1 aromatic rings. The van der Waals surface area contributed by atoms with Crippen molar-refractivity contribution in [2.45, 2.75) is 26.4 Å². The molecule has 1 atom stereocenters. The highest BCUT2D eigenvalue weighted by atomic mass is 16.3. The Kier molecular flexibility index (Phi) is 4.43. The third kappa shape index (κ3) is 3.39. The molecule has 0 aliphatic heterocycles. The maximum Gasteiger partial charge on any atom is 0.279 e. The molecule has 0 fully saturated rings. The highest BCUT2D eigenvalue weighted by Gasteiger charge is 2.23. The second-order valence-corrected chi connectivity index (χ2v) is 4.85. The van der Waals surface area contributed by atoms with Crippen molar-refractivity contribution in [2.24, 2.45) is 7.05 Å². The fourth-order valence-electron chi connectivity index (χ4n) is 1.53. The molecule has 19 heavy (non-hydrogen) atoms. The molecular formula is C12H19N3O4. The quantitative estimate of drug-likeness (QED) is 0.641. The molecule has 0 aliphatic carbocycles. The van der Waals surface area contributed by atoms with Gasteiger partial charge in [-0.1, -0.05) is 0 Å². The molecular weight excluding hydrogens is 250 g/mol. The van der Waals surface area contributed by atoms with Gasteiger partial charge < -0.3 is 15.5 Å². The van der Waals surface area contributed by atoms with Gasteiger partial charge in [0.1, 0.15) is 11.2 Å². The van der Waals surface area contributed by atoms with Crippen molar-refractivity contribution in [3.05, 3.63) is 27.2 Å². The lowest BCUT2D eigenvalue weighted by Gasteiger charge is -2.20. The summed E-state index contributed by atoms with van der Waals surface area (Å²) in [5.74, 6) is -0.586. The smallest absolute Gasteiger partial charge is 0.279 e. The van der Waals surface area contributed by atoms with Gasteiger partial charge in [0.05, 0.1) is 12.3 Å². The summed E-state index contributed by atoms with van der Waals surface area (Å²) in [5.41, 5.74) is -0.824. The van der Waals surface area contributed by atoms with Crippen LogP contribution in [0.15, 0.2) is 4.79 Å². The molecule has 0 bridgehead atoms. The van der Waals surface area contributed by atoms with E-state index in [0.717, 1.165) is 4.68 Å². The Morgan fingerprint density at radius 3 is 2.58 bits per heavy atom. The number of hydrogen-bond donors (Lipinski definition) is 3. The molecule has 3 N–H and O–H groups in total. The highest BCUT2D eigenvalue weighted by Crippen LogP contribution is 2.06. The summed E-state index contributed by atoms with van der Waals surface area (Å²) in [7, 11) is 1.47. The summed E-state index contributed by atoms with van der Waals surface area (Å²) in [6.07, 6.45) is 0. The van der Waals surface area contributed by atoms with Gasteiger partial charge in [-0.25, -0.2) is 4.68 Å². The first kappa shape index (κ1) is 15.3. The maximum absolute atomic E-state index is 12.0. The van der Waals surface area contributed by atoms with Gasteiger partial charge in [0.2, 0.25) is 0 Å². The molecule has 1 heterocycles. The number of nitrogens with one attached hydrogen (secondary N) is 1. The summed E-state index contributed by atoms with van der Waals surface area (Å²) in [5, 5.41) is 24.9. The molecule has 0 radical (unpaired) electrons. The minimum atomic E-state index is -1.42. The minimum absolute atomic E-state index is 0.00346. The molecule has 0 aliphatic rings. The average molecular weight is 269 g/mol. The van der Waals surface area contributed by atoms with Crippen LogP contribution < -0.4 is 10.9 Å². The zero-order valence-electron chi connectivity index (χ0n) is 11.5. The lowest BCUT2D eigenvalue weighted by Crippen LogP contribution is -2.45. The lowest BCUT2D eigenvalue weighted by atomic mass is 10.1. The van der Waals surface area contributed by atoms with Crippen LogP contribution in [0.4, 0.5) is 0 Å². The van der Waals surface area contributed by atoms with Crippen LogP contribution in [0.2, 0.25) is 0 Å². The number of aromatic nitrogens is 2. The first-order chi connectivity index (χ1) is 8.69. The van der Waals surface area contributed by atoms with Gasteiger partial charge in [-0.05, 0) is 26.3 Å². The van der Waals surface area contributed by atoms with Crippen LogP contribution in [0.3, 0.4) is 0 Å². The van der Waals surface area contributed by atoms with Crippen LogP contribution in [-0.2, 0) is 7.05 Å². The van der Waals surface area contributed by atoms with Gasteiger partial charge >= 0.3 is 0 Å². The monoisotopic (exact) mass is 269 g/mol. The standard InChI is InChI=1S/C12H19N3O4/c1-7-8(2)14-15(4)11(18)9(7)10(17)13-5-12(3,19)6-16/h16,19H,5-6H2,1-4H3,(H,13,17). The number of nitrogens with zero attached hydrogens (tertiary/aromatic N) is 2. The van der Waals surface area contributed by atoms with Gasteiger partial charge in [0.15, 0.2) is 0 Å². The van der Waals surface area contributed by atoms with Crippen LogP contribution >= 0.6 is 0 Å². The largest absolute Gasteiger partial charge is 0.393 e. The van der Waals surface area contributed by atoms with E-state index in [0.29, 0.717) is 11.3 Å². The summed E-state index contributed by atoms with van der Waals surface area (Å²) in [6.45, 7) is 4.10. The number of rotatable bonds is 4. The second-order valence-electron chi connectivity index (χ2n) is 4.85. The topological polar surface area (TPSA) is 104 Å². The molecule has 0 saturated carbocycles. The number of aliphatic hydroxyl groups excluding tert-OH is 1. The third-order valence-corrected chi connectivity index (χ3v) is 2.92. The number of amides is 1. The van der Waals surface area contributed by atoms with E-state index >= 15 is 0 Å². The maximum atomic E-state index is 12.0. The Morgan fingerprint density at radius 2 is 2.05 bits per heavy atom. The highest BCUT2D eigenvalue weighted by molar-refractivity contribution is 5.95. The normalized spacial score (nSPS) is 14.0. The number of hydrogen-bond acceptors (Lipinski definition) is 5. The Morgan fingerprint density at radius 1 is 1.47 bits per heavy atom. The van der Waals surface area contributed by atoms with Crippen LogP contribution in [0.25, 0.3) is 0 Å². The average Bonchev–Trinajstić information content (AvgIpc) is 2.34. The number of carbonyl (C=O) groups is 1. The van der Waals surface area contributed by atoms with Crippen molar-refractivity contribution in [2.75, 3.05) is 13.2 Å². The van der Waals surface area contributed by atoms with E-state index in [1.165, 1.54) is 14.0 Å². The molecule has 7 nitrogen and oxygen atoms in total. The molecule has 0 aromatic carbocycles. The molecule has 1 amide bonds. The molecule has 1 rings (SSSR count). The van der Waals surface area contributed by atoms with E-state index in [1.807, 2.05) is 0 Å². The van der Waals surface area contributed by atoms with E-state index in [2.05, 4.69) is 10.4 Å². The molecule has 0 spiro atoms. The van der Waals surface area contributed by atoms with Crippen molar-refractivity contribution < 1.29 is 15.0 Å². The Balaban J connectivity index is 3.05. The Labute approximate surface area is 110 Å². The first-order valence-corrected chi connectivity index (χ1v) is 5.85. The molecule has 1 unspecified atom stereocenters. The van der Waals surface area contributed by atoms with Crippen molar-refractivity contribution in [3.63, 3.8) is 0 Å². The second kappa shape index (κ2) is 5.50. The van der Waals surface area contributed by atoms with Gasteiger partial charge in [-0.3, -0.25) is 9.59 Å². The van der Waals surface area contributed by atoms with E-state index in [4.69, 9.17) is 5.11 Å². The van der Waals surface area contributed by atoms with Crippen LogP contribution in [-0.4, -0.2) is 44.7 Å². The van der Waals surface area contributed by atoms with E-state index in [1.54, 1.807) is 13.8 Å².